The fraction of sp³-hybridized carbons (Fsp3) is 0.750. The number of carbonyl (C=O) groups excluding carboxylic acids is 2. The van der Waals surface area contributed by atoms with Crippen LogP contribution in [0.3, 0.4) is 0 Å². The lowest BCUT2D eigenvalue weighted by molar-refractivity contribution is -0.137. The normalized spacial score (nSPS) is 24.1. The number of ether oxygens (including phenoxy) is 1. The number of nitrogens with one attached hydrogen (secondary N) is 2. The third-order valence-corrected chi connectivity index (χ3v) is 13.1. The molecule has 0 radical (unpaired) electrons. The van der Waals surface area contributed by atoms with Crippen LogP contribution in [0, 0.1) is 5.41 Å². The summed E-state index contributed by atoms with van der Waals surface area (Å²) in [5.41, 5.74) is 4.33. The molecule has 0 bridgehead atoms. The summed E-state index contributed by atoms with van der Waals surface area (Å²) in [6.07, 6.45) is 0.663. The van der Waals surface area contributed by atoms with E-state index in [1.54, 1.807) is 0 Å². The van der Waals surface area contributed by atoms with Crippen molar-refractivity contribution in [1.82, 2.24) is 30.2 Å². The van der Waals surface area contributed by atoms with Crippen LogP contribution in [0.1, 0.15) is 65.0 Å². The van der Waals surface area contributed by atoms with Gasteiger partial charge in [-0.05, 0) is 12.8 Å². The molecule has 27 heteroatoms. The largest absolute Gasteiger partial charge is 0.481 e. The summed E-state index contributed by atoms with van der Waals surface area (Å²) in [6.45, 7) is 0.989. The number of aliphatic hydroxyl groups excluding tert-OH is 2. The number of carbonyl (C=O) groups is 2. The maximum Gasteiger partial charge on any atom is 0.481 e. The van der Waals surface area contributed by atoms with Crippen LogP contribution in [0.25, 0.3) is 11.2 Å². The summed E-state index contributed by atoms with van der Waals surface area (Å²) in [7, 11) is -16.3. The number of nitrogens with two attached hydrogens (primary N) is 1. The molecule has 4 rings (SSSR count). The molecule has 0 aromatic carbocycles. The van der Waals surface area contributed by atoms with E-state index in [9.17, 15) is 53.1 Å². The molecule has 3 unspecified atom stereocenters. The zero-order chi connectivity index (χ0) is 40.6. The summed E-state index contributed by atoms with van der Waals surface area (Å²) in [6, 6.07) is 0. The van der Waals surface area contributed by atoms with Crippen molar-refractivity contribution < 1.29 is 75.7 Å². The highest BCUT2D eigenvalue weighted by atomic mass is 32.2. The summed E-state index contributed by atoms with van der Waals surface area (Å²) in [4.78, 5) is 75.8. The average molecular weight is 864 g/mol. The molecule has 1 saturated heterocycles. The number of amides is 2. The number of thioether (sulfide) groups is 1. The summed E-state index contributed by atoms with van der Waals surface area (Å²) in [5, 5.41) is 27.3. The number of phosphoric acid groups is 3. The second kappa shape index (κ2) is 19.6. The van der Waals surface area contributed by atoms with Gasteiger partial charge < -0.3 is 50.9 Å². The van der Waals surface area contributed by atoms with Crippen molar-refractivity contribution >= 4 is 64.0 Å². The fourth-order valence-corrected chi connectivity index (χ4v) is 9.81. The first-order chi connectivity index (χ1) is 25.7. The van der Waals surface area contributed by atoms with E-state index in [0.29, 0.717) is 11.8 Å². The molecular weight excluding hydrogens is 815 g/mol. The highest BCUT2D eigenvalue weighted by Crippen LogP contribution is 2.61. The molecule has 1 saturated carbocycles. The first kappa shape index (κ1) is 45.6. The number of rotatable bonds is 20. The molecule has 2 fully saturated rings. The van der Waals surface area contributed by atoms with E-state index in [2.05, 4.69) is 34.4 Å². The molecule has 7 atom stereocenters. The van der Waals surface area contributed by atoms with Crippen LogP contribution >= 0.6 is 35.2 Å². The lowest BCUT2D eigenvalue weighted by atomic mass is 9.87. The van der Waals surface area contributed by atoms with Crippen LogP contribution in [0.4, 0.5) is 5.82 Å². The Kier molecular flexibility index (Phi) is 16.2. The van der Waals surface area contributed by atoms with E-state index < -0.39 is 78.6 Å². The van der Waals surface area contributed by atoms with Gasteiger partial charge in [0.1, 0.15) is 36.3 Å². The van der Waals surface area contributed by atoms with Crippen LogP contribution in [0.2, 0.25) is 0 Å². The molecule has 10 N–H and O–H groups in total. The van der Waals surface area contributed by atoms with Crippen LogP contribution in [0.5, 0.6) is 0 Å². The van der Waals surface area contributed by atoms with Gasteiger partial charge in [-0.2, -0.15) is 16.1 Å². The molecule has 3 heterocycles. The molecule has 2 amide bonds. The van der Waals surface area contributed by atoms with Crippen LogP contribution < -0.4 is 16.4 Å². The number of nitrogen functional groups attached to an aromatic ring is 1. The van der Waals surface area contributed by atoms with Crippen molar-refractivity contribution in [3.8, 4) is 0 Å². The zero-order valence-electron chi connectivity index (χ0n) is 30.0. The Bertz CT molecular complexity index is 1760. The molecular formula is C28H48N7O16P3S. The first-order valence-electron chi connectivity index (χ1n) is 17.2. The summed E-state index contributed by atoms with van der Waals surface area (Å²) < 4.78 is 62.2. The molecule has 2 aromatic rings. The SMILES string of the molecule is CC(C)(COP(=O)(O)OP(=O)(O)OC[C@H]1O[C@@H](n2cnc3c(N)ncnc32)[C@H](O)[C@@H]1OP(=O)(O)O)C(O)C(=O)NCCC(=O)NCCSC1CCCCCC1. The van der Waals surface area contributed by atoms with Crippen molar-refractivity contribution in [3.05, 3.63) is 12.7 Å². The summed E-state index contributed by atoms with van der Waals surface area (Å²) in [5.74, 6) is -0.465. The van der Waals surface area contributed by atoms with E-state index in [4.69, 9.17) is 19.5 Å². The van der Waals surface area contributed by atoms with Gasteiger partial charge in [-0.1, -0.05) is 39.5 Å². The molecule has 1 aliphatic carbocycles. The Hall–Kier alpha value is -2.11. The smallest absolute Gasteiger partial charge is 0.386 e. The molecule has 0 spiro atoms. The maximum absolute atomic E-state index is 12.7. The lowest BCUT2D eigenvalue weighted by Crippen LogP contribution is -2.46. The van der Waals surface area contributed by atoms with Crippen molar-refractivity contribution in [2.75, 3.05) is 37.8 Å². The van der Waals surface area contributed by atoms with E-state index in [1.165, 1.54) is 52.4 Å². The van der Waals surface area contributed by atoms with Crippen molar-refractivity contribution in [2.24, 2.45) is 5.41 Å². The Morgan fingerprint density at radius 3 is 2.38 bits per heavy atom. The van der Waals surface area contributed by atoms with Crippen LogP contribution in [-0.4, -0.2) is 123 Å². The minimum atomic E-state index is -5.54. The van der Waals surface area contributed by atoms with Gasteiger partial charge in [0.05, 0.1) is 19.5 Å². The van der Waals surface area contributed by atoms with Gasteiger partial charge in [-0.25, -0.2) is 28.6 Å². The third-order valence-electron chi connectivity index (χ3n) is 8.66. The zero-order valence-corrected chi connectivity index (χ0v) is 33.5. The summed E-state index contributed by atoms with van der Waals surface area (Å²) >= 11 is 1.84. The molecule has 55 heavy (non-hydrogen) atoms. The predicted molar refractivity (Wildman–Crippen MR) is 194 cm³/mol. The quantitative estimate of drug-likeness (QED) is 0.0506. The number of nitrogens with zero attached hydrogens (tertiary/aromatic N) is 4. The molecule has 312 valence electrons. The van der Waals surface area contributed by atoms with Gasteiger partial charge in [0.25, 0.3) is 0 Å². The van der Waals surface area contributed by atoms with E-state index in [1.807, 2.05) is 11.8 Å². The number of imidazole rings is 1. The number of hydrogen-bond acceptors (Lipinski definition) is 17. The lowest BCUT2D eigenvalue weighted by Gasteiger charge is -2.30. The Balaban J connectivity index is 1.23. The maximum atomic E-state index is 12.7. The predicted octanol–water partition coefficient (Wildman–Crippen LogP) is 0.861. The number of aromatic nitrogens is 4. The Labute approximate surface area is 319 Å². The van der Waals surface area contributed by atoms with Crippen molar-refractivity contribution in [3.63, 3.8) is 0 Å². The Morgan fingerprint density at radius 2 is 1.71 bits per heavy atom. The van der Waals surface area contributed by atoms with Gasteiger partial charge in [0.15, 0.2) is 17.7 Å². The fourth-order valence-electron chi connectivity index (χ4n) is 5.76. The molecule has 2 aromatic heterocycles. The first-order valence-corrected chi connectivity index (χ1v) is 22.8. The van der Waals surface area contributed by atoms with E-state index in [-0.39, 0.29) is 35.9 Å². The van der Waals surface area contributed by atoms with Gasteiger partial charge >= 0.3 is 23.5 Å². The Morgan fingerprint density at radius 1 is 1.04 bits per heavy atom. The molecule has 1 aliphatic heterocycles. The molecule has 23 nitrogen and oxygen atoms in total. The number of aliphatic hydroxyl groups is 2. The standard InChI is InChI=1S/C28H48N7O16P3S/c1-28(2,23(38)26(39)31-10-9-19(36)30-11-12-55-17-7-5-3-4-6-8-17)14-48-54(45,46)51-53(43,44)47-13-18-22(50-52(40,41)42)21(37)27(49-18)35-16-34-20-24(29)32-15-33-25(20)35/h15-18,21-23,27,37-38H,3-14H2,1-2H3,(H,30,36)(H,31,39)(H,43,44)(H,45,46)(H2,29,32,33)(H2,40,41,42)/t18-,21-,22-,23?,27-/m1/s1. The second-order valence-corrected chi connectivity index (χ2v) is 19.2. The van der Waals surface area contributed by atoms with Gasteiger partial charge in [-0.3, -0.25) is 27.7 Å². The minimum absolute atomic E-state index is 0.0323. The number of anilines is 1. The topological polar surface area (TPSA) is 347 Å². The van der Waals surface area contributed by atoms with Gasteiger partial charge in [-0.15, -0.1) is 0 Å². The monoisotopic (exact) mass is 863 g/mol. The van der Waals surface area contributed by atoms with Crippen molar-refractivity contribution in [1.29, 1.82) is 0 Å². The number of fused-ring (bicyclic) bond motifs is 1. The van der Waals surface area contributed by atoms with Crippen LogP contribution in [0.15, 0.2) is 12.7 Å². The average Bonchev–Trinajstić information content (AvgIpc) is 3.53. The van der Waals surface area contributed by atoms with E-state index >= 15 is 0 Å². The highest BCUT2D eigenvalue weighted by Gasteiger charge is 2.50. The van der Waals surface area contributed by atoms with Gasteiger partial charge in [0.2, 0.25) is 11.8 Å². The van der Waals surface area contributed by atoms with Gasteiger partial charge in [0, 0.05) is 35.9 Å². The third kappa shape index (κ3) is 13.8. The van der Waals surface area contributed by atoms with E-state index in [0.717, 1.165) is 23.0 Å². The van der Waals surface area contributed by atoms with Crippen LogP contribution in [-0.2, 0) is 45.9 Å². The highest BCUT2D eigenvalue weighted by molar-refractivity contribution is 7.99. The van der Waals surface area contributed by atoms with Crippen molar-refractivity contribution in [2.45, 2.75) is 94.7 Å². The number of phosphoric ester groups is 3. The number of hydrogen-bond donors (Lipinski definition) is 9. The second-order valence-electron chi connectivity index (χ2n) is 13.6. The minimum Gasteiger partial charge on any atom is -0.386 e. The molecule has 2 aliphatic rings.